The maximum Gasteiger partial charge on any atom is 0.0236 e. The van der Waals surface area contributed by atoms with E-state index >= 15 is 0 Å². The van der Waals surface area contributed by atoms with Crippen molar-refractivity contribution < 1.29 is 0 Å². The molecule has 1 aromatic carbocycles. The Morgan fingerprint density at radius 1 is 0.955 bits per heavy atom. The van der Waals surface area contributed by atoms with Gasteiger partial charge in [0.15, 0.2) is 0 Å². The Morgan fingerprint density at radius 2 is 1.73 bits per heavy atom. The van der Waals surface area contributed by atoms with Gasteiger partial charge >= 0.3 is 0 Å². The van der Waals surface area contributed by atoms with E-state index in [4.69, 9.17) is 0 Å². The van der Waals surface area contributed by atoms with E-state index < -0.39 is 0 Å². The molecule has 122 valence electrons. The second-order valence-corrected chi connectivity index (χ2v) is 7.04. The van der Waals surface area contributed by atoms with E-state index in [-0.39, 0.29) is 0 Å². The number of nitrogens with zero attached hydrogens (tertiary/aromatic N) is 3. The fourth-order valence-electron chi connectivity index (χ4n) is 3.82. The quantitative estimate of drug-likeness (QED) is 0.828. The Labute approximate surface area is 135 Å². The van der Waals surface area contributed by atoms with Crippen molar-refractivity contribution in [3.63, 3.8) is 0 Å². The third-order valence-electron chi connectivity index (χ3n) is 5.35. The van der Waals surface area contributed by atoms with Gasteiger partial charge in [0.25, 0.3) is 0 Å². The zero-order valence-corrected chi connectivity index (χ0v) is 14.1. The van der Waals surface area contributed by atoms with Crippen LogP contribution in [0, 0.1) is 0 Å². The first kappa shape index (κ1) is 16.0. The number of benzene rings is 1. The minimum Gasteiger partial charge on any atom is -0.304 e. The van der Waals surface area contributed by atoms with E-state index in [1.807, 2.05) is 0 Å². The van der Waals surface area contributed by atoms with Crippen molar-refractivity contribution in [1.29, 1.82) is 0 Å². The van der Waals surface area contributed by atoms with Gasteiger partial charge in [-0.1, -0.05) is 36.8 Å². The second kappa shape index (κ2) is 8.09. The summed E-state index contributed by atoms with van der Waals surface area (Å²) in [4.78, 5) is 7.84. The predicted octanol–water partition coefficient (Wildman–Crippen LogP) is 2.68. The molecule has 2 saturated heterocycles. The first-order valence-electron chi connectivity index (χ1n) is 9.00. The van der Waals surface area contributed by atoms with Gasteiger partial charge < -0.3 is 9.80 Å². The van der Waals surface area contributed by atoms with E-state index in [0.717, 1.165) is 12.6 Å². The van der Waals surface area contributed by atoms with Crippen molar-refractivity contribution in [3.05, 3.63) is 35.9 Å². The average molecular weight is 301 g/mol. The van der Waals surface area contributed by atoms with Gasteiger partial charge in [0.1, 0.15) is 0 Å². The molecule has 0 amide bonds. The van der Waals surface area contributed by atoms with Crippen molar-refractivity contribution in [2.45, 2.75) is 38.3 Å². The van der Waals surface area contributed by atoms with Crippen molar-refractivity contribution >= 4 is 0 Å². The van der Waals surface area contributed by atoms with Gasteiger partial charge in [-0.2, -0.15) is 0 Å². The second-order valence-electron chi connectivity index (χ2n) is 7.04. The SMILES string of the molecule is CN1CCN(CC[C@@H]2CCCCN2Cc2ccccc2)CC1. The lowest BCUT2D eigenvalue weighted by Crippen LogP contribution is -2.47. The van der Waals surface area contributed by atoms with Gasteiger partial charge in [0.2, 0.25) is 0 Å². The largest absolute Gasteiger partial charge is 0.304 e. The Kier molecular flexibility index (Phi) is 5.88. The first-order chi connectivity index (χ1) is 10.8. The van der Waals surface area contributed by atoms with Crippen LogP contribution in [0.5, 0.6) is 0 Å². The van der Waals surface area contributed by atoms with E-state index in [1.165, 1.54) is 70.5 Å². The number of likely N-dealkylation sites (tertiary alicyclic amines) is 1. The molecule has 0 saturated carbocycles. The van der Waals surface area contributed by atoms with E-state index in [9.17, 15) is 0 Å². The van der Waals surface area contributed by atoms with Gasteiger partial charge in [0, 0.05) is 38.8 Å². The lowest BCUT2D eigenvalue weighted by atomic mass is 9.98. The van der Waals surface area contributed by atoms with Gasteiger partial charge in [-0.15, -0.1) is 0 Å². The van der Waals surface area contributed by atoms with Crippen molar-refractivity contribution in [2.75, 3.05) is 46.3 Å². The van der Waals surface area contributed by atoms with Crippen LogP contribution in [0.4, 0.5) is 0 Å². The molecule has 0 radical (unpaired) electrons. The molecule has 2 heterocycles. The standard InChI is InChI=1S/C19H31N3/c1-20-13-15-21(16-14-20)12-10-19-9-5-6-11-22(19)17-18-7-3-2-4-8-18/h2-4,7-8,19H,5-6,9-17H2,1H3/t19-/m0/s1. The number of hydrogen-bond donors (Lipinski definition) is 0. The Bertz CT molecular complexity index is 426. The van der Waals surface area contributed by atoms with Crippen LogP contribution in [0.1, 0.15) is 31.2 Å². The summed E-state index contributed by atoms with van der Waals surface area (Å²) < 4.78 is 0. The molecular weight excluding hydrogens is 270 g/mol. The minimum absolute atomic E-state index is 0.786. The molecule has 2 aliphatic rings. The smallest absolute Gasteiger partial charge is 0.0236 e. The molecule has 3 rings (SSSR count). The molecule has 22 heavy (non-hydrogen) atoms. The van der Waals surface area contributed by atoms with Crippen LogP contribution in [0.15, 0.2) is 30.3 Å². The third-order valence-corrected chi connectivity index (χ3v) is 5.35. The summed E-state index contributed by atoms with van der Waals surface area (Å²) >= 11 is 0. The topological polar surface area (TPSA) is 9.72 Å². The van der Waals surface area contributed by atoms with Gasteiger partial charge in [0.05, 0.1) is 0 Å². The van der Waals surface area contributed by atoms with Crippen LogP contribution in [0.3, 0.4) is 0 Å². The summed E-state index contributed by atoms with van der Waals surface area (Å²) in [5.74, 6) is 0. The maximum atomic E-state index is 2.73. The maximum absolute atomic E-state index is 2.73. The van der Waals surface area contributed by atoms with Crippen molar-refractivity contribution in [2.24, 2.45) is 0 Å². The van der Waals surface area contributed by atoms with Crippen LogP contribution in [-0.4, -0.2) is 67.1 Å². The molecule has 0 bridgehead atoms. The first-order valence-corrected chi connectivity index (χ1v) is 9.00. The van der Waals surface area contributed by atoms with Crippen molar-refractivity contribution in [3.8, 4) is 0 Å². The number of rotatable bonds is 5. The Hall–Kier alpha value is -0.900. The van der Waals surface area contributed by atoms with Gasteiger partial charge in [-0.25, -0.2) is 0 Å². The highest BCUT2D eigenvalue weighted by atomic mass is 15.2. The molecule has 3 nitrogen and oxygen atoms in total. The summed E-state index contributed by atoms with van der Waals surface area (Å²) in [6, 6.07) is 11.8. The molecule has 2 fully saturated rings. The van der Waals surface area contributed by atoms with Crippen LogP contribution in [-0.2, 0) is 6.54 Å². The molecule has 0 aliphatic carbocycles. The minimum atomic E-state index is 0.786. The summed E-state index contributed by atoms with van der Waals surface area (Å²) in [6.45, 7) is 8.67. The van der Waals surface area contributed by atoms with Crippen LogP contribution in [0.2, 0.25) is 0 Å². The van der Waals surface area contributed by atoms with E-state index in [1.54, 1.807) is 0 Å². The van der Waals surface area contributed by atoms with E-state index in [2.05, 4.69) is 52.1 Å². The highest BCUT2D eigenvalue weighted by Crippen LogP contribution is 2.22. The summed E-state index contributed by atoms with van der Waals surface area (Å²) in [6.07, 6.45) is 5.52. The number of likely N-dealkylation sites (N-methyl/N-ethyl adjacent to an activating group) is 1. The highest BCUT2D eigenvalue weighted by Gasteiger charge is 2.23. The molecule has 0 N–H and O–H groups in total. The lowest BCUT2D eigenvalue weighted by molar-refractivity contribution is 0.102. The van der Waals surface area contributed by atoms with Gasteiger partial charge in [-0.05, 0) is 45.0 Å². The zero-order valence-electron chi connectivity index (χ0n) is 14.1. The van der Waals surface area contributed by atoms with Crippen LogP contribution >= 0.6 is 0 Å². The average Bonchev–Trinajstić information content (AvgIpc) is 2.56. The molecule has 0 aromatic heterocycles. The molecule has 3 heteroatoms. The van der Waals surface area contributed by atoms with Crippen molar-refractivity contribution in [1.82, 2.24) is 14.7 Å². The summed E-state index contributed by atoms with van der Waals surface area (Å²) in [5, 5.41) is 0. The van der Waals surface area contributed by atoms with Gasteiger partial charge in [-0.3, -0.25) is 4.90 Å². The monoisotopic (exact) mass is 301 g/mol. The van der Waals surface area contributed by atoms with E-state index in [0.29, 0.717) is 0 Å². The molecule has 0 unspecified atom stereocenters. The molecule has 1 atom stereocenters. The molecule has 2 aliphatic heterocycles. The normalized spacial score (nSPS) is 25.4. The predicted molar refractivity (Wildman–Crippen MR) is 93.0 cm³/mol. The van der Waals surface area contributed by atoms with Crippen LogP contribution in [0.25, 0.3) is 0 Å². The summed E-state index contributed by atoms with van der Waals surface area (Å²) in [5.41, 5.74) is 1.47. The number of piperidine rings is 1. The molecular formula is C19H31N3. The van der Waals surface area contributed by atoms with Crippen LogP contribution < -0.4 is 0 Å². The third kappa shape index (κ3) is 4.55. The number of hydrogen-bond acceptors (Lipinski definition) is 3. The fourth-order valence-corrected chi connectivity index (χ4v) is 3.82. The lowest BCUT2D eigenvalue weighted by Gasteiger charge is -2.38. The Morgan fingerprint density at radius 3 is 2.50 bits per heavy atom. The fraction of sp³-hybridized carbons (Fsp3) is 0.684. The molecule has 1 aromatic rings. The summed E-state index contributed by atoms with van der Waals surface area (Å²) in [7, 11) is 2.24. The number of piperazine rings is 1. The highest BCUT2D eigenvalue weighted by molar-refractivity contribution is 5.14. The zero-order chi connectivity index (χ0) is 15.2. The molecule has 0 spiro atoms. The Balaban J connectivity index is 1.49.